The van der Waals surface area contributed by atoms with E-state index < -0.39 is 0 Å². The molecule has 1 aliphatic rings. The van der Waals surface area contributed by atoms with Gasteiger partial charge in [-0.3, -0.25) is 4.79 Å². The van der Waals surface area contributed by atoms with Gasteiger partial charge in [0.2, 0.25) is 5.95 Å². The SMILES string of the molecule is CC(=O)c1cnc(N(C)CCN2CCCCCC2)nc1C. The summed E-state index contributed by atoms with van der Waals surface area (Å²) in [5.74, 6) is 0.721. The number of likely N-dealkylation sites (N-methyl/N-ethyl adjacent to an activating group) is 1. The van der Waals surface area contributed by atoms with Crippen LogP contribution in [0.25, 0.3) is 0 Å². The third-order valence-corrected chi connectivity index (χ3v) is 4.14. The molecule has 0 bridgehead atoms. The summed E-state index contributed by atoms with van der Waals surface area (Å²) in [7, 11) is 2.01. The second-order valence-electron chi connectivity index (χ2n) is 5.90. The van der Waals surface area contributed by atoms with Crippen LogP contribution < -0.4 is 4.90 Å². The van der Waals surface area contributed by atoms with Crippen LogP contribution in [0.3, 0.4) is 0 Å². The van der Waals surface area contributed by atoms with Crippen LogP contribution >= 0.6 is 0 Å². The highest BCUT2D eigenvalue weighted by molar-refractivity contribution is 5.94. The van der Waals surface area contributed by atoms with Crippen LogP contribution in [-0.2, 0) is 0 Å². The topological polar surface area (TPSA) is 49.3 Å². The van der Waals surface area contributed by atoms with Crippen molar-refractivity contribution in [2.45, 2.75) is 39.5 Å². The fourth-order valence-electron chi connectivity index (χ4n) is 2.74. The molecule has 2 rings (SSSR count). The summed E-state index contributed by atoms with van der Waals surface area (Å²) in [5.41, 5.74) is 1.37. The van der Waals surface area contributed by atoms with E-state index in [-0.39, 0.29) is 5.78 Å². The van der Waals surface area contributed by atoms with Crippen molar-refractivity contribution in [3.63, 3.8) is 0 Å². The molecule has 0 spiro atoms. The number of Topliss-reactive ketones (excluding diaryl/α,β-unsaturated/α-hetero) is 1. The molecule has 5 heteroatoms. The molecule has 1 fully saturated rings. The summed E-state index contributed by atoms with van der Waals surface area (Å²) in [6.07, 6.45) is 6.99. The molecule has 21 heavy (non-hydrogen) atoms. The maximum atomic E-state index is 11.4. The number of nitrogens with zero attached hydrogens (tertiary/aromatic N) is 4. The van der Waals surface area contributed by atoms with Crippen molar-refractivity contribution in [1.29, 1.82) is 0 Å². The summed E-state index contributed by atoms with van der Waals surface area (Å²) in [5, 5.41) is 0. The van der Waals surface area contributed by atoms with E-state index in [0.717, 1.165) is 18.8 Å². The smallest absolute Gasteiger partial charge is 0.225 e. The lowest BCUT2D eigenvalue weighted by molar-refractivity contribution is 0.101. The Kier molecular flexibility index (Phi) is 5.67. The number of likely N-dealkylation sites (tertiary alicyclic amines) is 1. The lowest BCUT2D eigenvalue weighted by Crippen LogP contribution is -2.34. The Bertz CT molecular complexity index is 481. The molecule has 0 saturated carbocycles. The Morgan fingerprint density at radius 3 is 2.52 bits per heavy atom. The van der Waals surface area contributed by atoms with Crippen molar-refractivity contribution in [2.24, 2.45) is 0 Å². The number of ketones is 1. The van der Waals surface area contributed by atoms with Gasteiger partial charge in [0.1, 0.15) is 0 Å². The molecule has 5 nitrogen and oxygen atoms in total. The first-order chi connectivity index (χ1) is 10.1. The molecule has 1 aromatic heterocycles. The van der Waals surface area contributed by atoms with Crippen LogP contribution in [0, 0.1) is 6.92 Å². The van der Waals surface area contributed by atoms with E-state index in [1.165, 1.54) is 38.8 Å². The van der Waals surface area contributed by atoms with Gasteiger partial charge in [-0.25, -0.2) is 9.97 Å². The number of hydrogen-bond donors (Lipinski definition) is 0. The normalized spacial score (nSPS) is 16.5. The Balaban J connectivity index is 1.92. The maximum Gasteiger partial charge on any atom is 0.225 e. The molecular weight excluding hydrogens is 264 g/mol. The van der Waals surface area contributed by atoms with Crippen LogP contribution in [0.15, 0.2) is 6.20 Å². The van der Waals surface area contributed by atoms with E-state index in [1.54, 1.807) is 13.1 Å². The van der Waals surface area contributed by atoms with Crippen LogP contribution in [-0.4, -0.2) is 53.9 Å². The van der Waals surface area contributed by atoms with Gasteiger partial charge in [0.05, 0.1) is 11.3 Å². The summed E-state index contributed by atoms with van der Waals surface area (Å²) < 4.78 is 0. The molecule has 0 aliphatic carbocycles. The van der Waals surface area contributed by atoms with Gasteiger partial charge in [-0.05, 0) is 39.8 Å². The van der Waals surface area contributed by atoms with E-state index in [4.69, 9.17) is 0 Å². The second kappa shape index (κ2) is 7.50. The van der Waals surface area contributed by atoms with E-state index in [0.29, 0.717) is 11.5 Å². The van der Waals surface area contributed by atoms with Gasteiger partial charge in [0.25, 0.3) is 0 Å². The molecule has 1 saturated heterocycles. The molecule has 2 heterocycles. The van der Waals surface area contributed by atoms with Gasteiger partial charge in [0, 0.05) is 26.3 Å². The van der Waals surface area contributed by atoms with Gasteiger partial charge < -0.3 is 9.80 Å². The summed E-state index contributed by atoms with van der Waals surface area (Å²) in [4.78, 5) is 24.8. The van der Waals surface area contributed by atoms with Crippen molar-refractivity contribution in [3.05, 3.63) is 17.5 Å². The van der Waals surface area contributed by atoms with Gasteiger partial charge in [-0.2, -0.15) is 0 Å². The Hall–Kier alpha value is -1.49. The van der Waals surface area contributed by atoms with E-state index >= 15 is 0 Å². The molecule has 0 atom stereocenters. The van der Waals surface area contributed by atoms with Gasteiger partial charge in [-0.15, -0.1) is 0 Å². The summed E-state index contributed by atoms with van der Waals surface area (Å²) >= 11 is 0. The highest BCUT2D eigenvalue weighted by atomic mass is 16.1. The van der Waals surface area contributed by atoms with Gasteiger partial charge in [-0.1, -0.05) is 12.8 Å². The van der Waals surface area contributed by atoms with Crippen LogP contribution in [0.4, 0.5) is 5.95 Å². The van der Waals surface area contributed by atoms with Crippen LogP contribution in [0.2, 0.25) is 0 Å². The molecule has 1 aromatic rings. The van der Waals surface area contributed by atoms with E-state index in [9.17, 15) is 4.79 Å². The standard InChI is InChI=1S/C16H26N4O/c1-13-15(14(2)21)12-17-16(18-13)19(3)10-11-20-8-6-4-5-7-9-20/h12H,4-11H2,1-3H3. The number of anilines is 1. The monoisotopic (exact) mass is 290 g/mol. The maximum absolute atomic E-state index is 11.4. The molecule has 0 radical (unpaired) electrons. The molecule has 116 valence electrons. The fourth-order valence-corrected chi connectivity index (χ4v) is 2.74. The zero-order valence-electron chi connectivity index (χ0n) is 13.4. The fraction of sp³-hybridized carbons (Fsp3) is 0.688. The number of aromatic nitrogens is 2. The largest absolute Gasteiger partial charge is 0.343 e. The van der Waals surface area contributed by atoms with Crippen molar-refractivity contribution < 1.29 is 4.79 Å². The highest BCUT2D eigenvalue weighted by Gasteiger charge is 2.13. The highest BCUT2D eigenvalue weighted by Crippen LogP contribution is 2.12. The molecular formula is C16H26N4O. The lowest BCUT2D eigenvalue weighted by Gasteiger charge is -2.24. The molecule has 0 amide bonds. The Morgan fingerprint density at radius 1 is 1.29 bits per heavy atom. The van der Waals surface area contributed by atoms with Crippen molar-refractivity contribution in [2.75, 3.05) is 38.1 Å². The first-order valence-corrected chi connectivity index (χ1v) is 7.86. The third kappa shape index (κ3) is 4.49. The Labute approximate surface area is 127 Å². The van der Waals surface area contributed by atoms with Crippen molar-refractivity contribution in [3.8, 4) is 0 Å². The molecule has 0 N–H and O–H groups in total. The first-order valence-electron chi connectivity index (χ1n) is 7.86. The van der Waals surface area contributed by atoms with E-state index in [2.05, 4.69) is 19.8 Å². The number of rotatable bonds is 5. The average molecular weight is 290 g/mol. The molecule has 1 aliphatic heterocycles. The predicted octanol–water partition coefficient (Wildman–Crippen LogP) is 2.30. The summed E-state index contributed by atoms with van der Waals surface area (Å²) in [6.45, 7) is 7.79. The molecule has 0 aromatic carbocycles. The number of hydrogen-bond acceptors (Lipinski definition) is 5. The van der Waals surface area contributed by atoms with Crippen molar-refractivity contribution in [1.82, 2.24) is 14.9 Å². The quantitative estimate of drug-likeness (QED) is 0.779. The number of carbonyl (C=O) groups excluding carboxylic acids is 1. The average Bonchev–Trinajstić information content (AvgIpc) is 2.72. The minimum Gasteiger partial charge on any atom is -0.343 e. The Morgan fingerprint density at radius 2 is 1.95 bits per heavy atom. The third-order valence-electron chi connectivity index (χ3n) is 4.14. The minimum atomic E-state index is 0.0197. The first kappa shape index (κ1) is 15.9. The van der Waals surface area contributed by atoms with Gasteiger partial charge >= 0.3 is 0 Å². The predicted molar refractivity (Wildman–Crippen MR) is 85.0 cm³/mol. The van der Waals surface area contributed by atoms with E-state index in [1.807, 2.05) is 14.0 Å². The van der Waals surface area contributed by atoms with Crippen molar-refractivity contribution >= 4 is 11.7 Å². The van der Waals surface area contributed by atoms with Crippen LogP contribution in [0.5, 0.6) is 0 Å². The number of aryl methyl sites for hydroxylation is 1. The zero-order chi connectivity index (χ0) is 15.2. The molecule has 0 unspecified atom stereocenters. The van der Waals surface area contributed by atoms with Crippen LogP contribution in [0.1, 0.15) is 48.7 Å². The second-order valence-corrected chi connectivity index (χ2v) is 5.90. The number of carbonyl (C=O) groups is 1. The summed E-state index contributed by atoms with van der Waals surface area (Å²) in [6, 6.07) is 0. The minimum absolute atomic E-state index is 0.0197. The van der Waals surface area contributed by atoms with Gasteiger partial charge in [0.15, 0.2) is 5.78 Å². The lowest BCUT2D eigenvalue weighted by atomic mass is 10.2. The zero-order valence-corrected chi connectivity index (χ0v) is 13.4.